The maximum atomic E-state index is 13.0. The molecule has 0 radical (unpaired) electrons. The molecule has 0 bridgehead atoms. The number of anilines is 1. The number of rotatable bonds is 5. The summed E-state index contributed by atoms with van der Waals surface area (Å²) in [6.45, 7) is 1.14. The maximum Gasteiger partial charge on any atom is 0.311 e. The van der Waals surface area contributed by atoms with E-state index < -0.39 is 11.4 Å². The predicted octanol–water partition coefficient (Wildman–Crippen LogP) is 2.58. The molecule has 1 aliphatic rings. The van der Waals surface area contributed by atoms with Crippen LogP contribution in [0, 0.1) is 11.2 Å². The van der Waals surface area contributed by atoms with Crippen molar-refractivity contribution in [2.75, 3.05) is 25.1 Å². The van der Waals surface area contributed by atoms with Gasteiger partial charge in [-0.1, -0.05) is 0 Å². The summed E-state index contributed by atoms with van der Waals surface area (Å²) < 4.78 is 18.3. The highest BCUT2D eigenvalue weighted by molar-refractivity contribution is 5.75. The molecule has 1 aromatic carbocycles. The van der Waals surface area contributed by atoms with Gasteiger partial charge in [-0.3, -0.25) is 9.78 Å². The largest absolute Gasteiger partial charge is 0.481 e. The molecule has 3 rings (SSSR count). The molecule has 1 aliphatic heterocycles. The number of aromatic nitrogens is 2. The van der Waals surface area contributed by atoms with Crippen molar-refractivity contribution in [3.63, 3.8) is 0 Å². The van der Waals surface area contributed by atoms with Gasteiger partial charge in [-0.25, -0.2) is 9.37 Å². The lowest BCUT2D eigenvalue weighted by Crippen LogP contribution is -2.42. The van der Waals surface area contributed by atoms with E-state index in [2.05, 4.69) is 15.3 Å². The first-order valence-corrected chi connectivity index (χ1v) is 7.72. The van der Waals surface area contributed by atoms with Gasteiger partial charge in [0.25, 0.3) is 0 Å². The van der Waals surface area contributed by atoms with Crippen LogP contribution < -0.4 is 5.32 Å². The molecule has 1 fully saturated rings. The monoisotopic (exact) mass is 331 g/mol. The minimum atomic E-state index is -0.855. The second-order valence-electron chi connectivity index (χ2n) is 5.85. The summed E-state index contributed by atoms with van der Waals surface area (Å²) in [5.74, 6) is -0.659. The van der Waals surface area contributed by atoms with Crippen LogP contribution in [0.3, 0.4) is 0 Å². The van der Waals surface area contributed by atoms with Gasteiger partial charge in [-0.05, 0) is 37.1 Å². The van der Waals surface area contributed by atoms with E-state index in [9.17, 15) is 14.3 Å². The van der Waals surface area contributed by atoms with Crippen molar-refractivity contribution in [1.29, 1.82) is 0 Å². The molecule has 0 saturated carbocycles. The first kappa shape index (κ1) is 16.3. The Labute approximate surface area is 138 Å². The second kappa shape index (κ2) is 6.92. The van der Waals surface area contributed by atoms with Crippen LogP contribution in [0.2, 0.25) is 0 Å². The molecule has 0 aliphatic carbocycles. The smallest absolute Gasteiger partial charge is 0.311 e. The Morgan fingerprint density at radius 1 is 1.25 bits per heavy atom. The molecule has 0 atom stereocenters. The second-order valence-corrected chi connectivity index (χ2v) is 5.85. The van der Waals surface area contributed by atoms with Crippen molar-refractivity contribution < 1.29 is 19.0 Å². The van der Waals surface area contributed by atoms with Crippen molar-refractivity contribution in [3.8, 4) is 11.3 Å². The average Bonchev–Trinajstić information content (AvgIpc) is 2.61. The number of halogens is 1. The predicted molar refractivity (Wildman–Crippen MR) is 86.0 cm³/mol. The van der Waals surface area contributed by atoms with Gasteiger partial charge in [0.15, 0.2) is 0 Å². The Kier molecular flexibility index (Phi) is 4.71. The number of carboxylic acid groups (broad SMARTS) is 1. The van der Waals surface area contributed by atoms with Crippen molar-refractivity contribution in [1.82, 2.24) is 9.97 Å². The van der Waals surface area contributed by atoms with E-state index in [1.807, 2.05) is 0 Å². The molecule has 0 amide bonds. The third-order valence-electron chi connectivity index (χ3n) is 4.29. The molecule has 7 heteroatoms. The van der Waals surface area contributed by atoms with Gasteiger partial charge in [0.1, 0.15) is 11.6 Å². The number of nitrogens with one attached hydrogen (secondary N) is 1. The maximum absolute atomic E-state index is 13.0. The molecule has 126 valence electrons. The third-order valence-corrected chi connectivity index (χ3v) is 4.29. The van der Waals surface area contributed by atoms with Crippen LogP contribution in [-0.2, 0) is 9.53 Å². The Balaban J connectivity index is 1.74. The lowest BCUT2D eigenvalue weighted by atomic mass is 9.80. The van der Waals surface area contributed by atoms with Gasteiger partial charge in [-0.2, -0.15) is 0 Å². The molecular weight excluding hydrogens is 313 g/mol. The molecule has 1 saturated heterocycles. The van der Waals surface area contributed by atoms with Crippen LogP contribution in [0.1, 0.15) is 12.8 Å². The average molecular weight is 331 g/mol. The number of hydrogen-bond donors (Lipinski definition) is 2. The summed E-state index contributed by atoms with van der Waals surface area (Å²) in [5.41, 5.74) is 0.481. The molecule has 0 spiro atoms. The first-order chi connectivity index (χ1) is 11.6. The van der Waals surface area contributed by atoms with Crippen LogP contribution in [0.15, 0.2) is 36.7 Å². The molecule has 1 aromatic heterocycles. The minimum absolute atomic E-state index is 0.257. The standard InChI is InChI=1S/C17H18FN3O3/c18-13-3-1-12(2-4-13)14-9-19-10-15(21-14)20-11-17(16(22)23)5-7-24-8-6-17/h1-4,9-10H,5-8,11H2,(H,20,21)(H,22,23). The van der Waals surface area contributed by atoms with Crippen LogP contribution in [0.5, 0.6) is 0 Å². The van der Waals surface area contributed by atoms with Gasteiger partial charge in [0.2, 0.25) is 0 Å². The Morgan fingerprint density at radius 3 is 2.62 bits per heavy atom. The SMILES string of the molecule is O=C(O)C1(CNc2cncc(-c3ccc(F)cc3)n2)CCOCC1. The number of hydrogen-bond acceptors (Lipinski definition) is 5. The van der Waals surface area contributed by atoms with Gasteiger partial charge in [0, 0.05) is 25.3 Å². The quantitative estimate of drug-likeness (QED) is 0.876. The lowest BCUT2D eigenvalue weighted by molar-refractivity contribution is -0.153. The van der Waals surface area contributed by atoms with Crippen molar-refractivity contribution in [2.24, 2.45) is 5.41 Å². The zero-order chi connectivity index (χ0) is 17.0. The Bertz CT molecular complexity index is 715. The van der Waals surface area contributed by atoms with Crippen molar-refractivity contribution >= 4 is 11.8 Å². The number of carbonyl (C=O) groups is 1. The van der Waals surface area contributed by atoms with Gasteiger partial charge in [0.05, 0.1) is 23.5 Å². The fourth-order valence-corrected chi connectivity index (χ4v) is 2.70. The number of carboxylic acids is 1. The molecule has 2 aromatic rings. The summed E-state index contributed by atoms with van der Waals surface area (Å²) >= 11 is 0. The zero-order valence-corrected chi connectivity index (χ0v) is 13.0. The highest BCUT2D eigenvalue weighted by Crippen LogP contribution is 2.31. The first-order valence-electron chi connectivity index (χ1n) is 7.72. The Morgan fingerprint density at radius 2 is 1.96 bits per heavy atom. The molecular formula is C17H18FN3O3. The minimum Gasteiger partial charge on any atom is -0.481 e. The van der Waals surface area contributed by atoms with Crippen molar-refractivity contribution in [3.05, 3.63) is 42.5 Å². The fraction of sp³-hybridized carbons (Fsp3) is 0.353. The van der Waals surface area contributed by atoms with E-state index in [0.717, 1.165) is 5.56 Å². The zero-order valence-electron chi connectivity index (χ0n) is 13.0. The lowest BCUT2D eigenvalue weighted by Gasteiger charge is -2.33. The van der Waals surface area contributed by atoms with Crippen LogP contribution in [0.4, 0.5) is 10.2 Å². The Hall–Kier alpha value is -2.54. The number of ether oxygens (including phenoxy) is 1. The van der Waals surface area contributed by atoms with Gasteiger partial charge < -0.3 is 15.2 Å². The summed E-state index contributed by atoms with van der Waals surface area (Å²) in [5, 5.41) is 12.6. The van der Waals surface area contributed by atoms with Crippen LogP contribution >= 0.6 is 0 Å². The molecule has 2 N–H and O–H groups in total. The van der Waals surface area contributed by atoms with E-state index in [-0.39, 0.29) is 12.4 Å². The van der Waals surface area contributed by atoms with E-state index in [1.54, 1.807) is 24.5 Å². The summed E-state index contributed by atoms with van der Waals surface area (Å²) in [6.07, 6.45) is 4.04. The molecule has 0 unspecified atom stereocenters. The van der Waals surface area contributed by atoms with Gasteiger partial charge in [-0.15, -0.1) is 0 Å². The highest BCUT2D eigenvalue weighted by atomic mass is 19.1. The van der Waals surface area contributed by atoms with E-state index >= 15 is 0 Å². The summed E-state index contributed by atoms with van der Waals surface area (Å²) in [6, 6.07) is 5.97. The molecule has 2 heterocycles. The number of nitrogens with zero attached hydrogens (tertiary/aromatic N) is 2. The topological polar surface area (TPSA) is 84.3 Å². The summed E-state index contributed by atoms with van der Waals surface area (Å²) in [4.78, 5) is 20.2. The fourth-order valence-electron chi connectivity index (χ4n) is 2.70. The van der Waals surface area contributed by atoms with E-state index in [0.29, 0.717) is 37.6 Å². The number of aliphatic carboxylic acids is 1. The van der Waals surface area contributed by atoms with Gasteiger partial charge >= 0.3 is 5.97 Å². The third kappa shape index (κ3) is 3.51. The molecule has 6 nitrogen and oxygen atoms in total. The number of benzene rings is 1. The molecule has 24 heavy (non-hydrogen) atoms. The van der Waals surface area contributed by atoms with Crippen molar-refractivity contribution in [2.45, 2.75) is 12.8 Å². The van der Waals surface area contributed by atoms with Crippen LogP contribution in [-0.4, -0.2) is 40.8 Å². The van der Waals surface area contributed by atoms with E-state index in [4.69, 9.17) is 4.74 Å². The normalized spacial score (nSPS) is 16.5. The highest BCUT2D eigenvalue weighted by Gasteiger charge is 2.40. The van der Waals surface area contributed by atoms with Crippen LogP contribution in [0.25, 0.3) is 11.3 Å². The van der Waals surface area contributed by atoms with E-state index in [1.165, 1.54) is 12.1 Å². The summed E-state index contributed by atoms with van der Waals surface area (Å²) in [7, 11) is 0.